The third-order valence-electron chi connectivity index (χ3n) is 2.13. The first-order valence-electron chi connectivity index (χ1n) is 5.45. The number of rotatable bonds is 5. The molecule has 0 unspecified atom stereocenters. The normalized spacial score (nSPS) is 9.71. The summed E-state index contributed by atoms with van der Waals surface area (Å²) in [5.41, 5.74) is 1.08. The van der Waals surface area contributed by atoms with E-state index in [1.54, 1.807) is 0 Å². The minimum absolute atomic E-state index is 0.273. The highest BCUT2D eigenvalue weighted by molar-refractivity contribution is 7.80. The van der Waals surface area contributed by atoms with Gasteiger partial charge >= 0.3 is 6.03 Å². The van der Waals surface area contributed by atoms with Crippen LogP contribution in [0.5, 0.6) is 0 Å². The molecule has 0 fully saturated rings. The number of nitrogens with one attached hydrogen (secondary N) is 2. The number of benzene rings is 1. The van der Waals surface area contributed by atoms with Crippen molar-refractivity contribution in [1.29, 1.82) is 0 Å². The molecule has 0 spiro atoms. The maximum Gasteiger partial charge on any atom is 0.321 e. The fourth-order valence-corrected chi connectivity index (χ4v) is 1.42. The molecule has 0 aromatic heterocycles. The highest BCUT2D eigenvalue weighted by Crippen LogP contribution is 2.01. The van der Waals surface area contributed by atoms with Crippen molar-refractivity contribution in [3.8, 4) is 0 Å². The largest absolute Gasteiger partial charge is 0.337 e. The van der Waals surface area contributed by atoms with Gasteiger partial charge in [0.25, 0.3) is 0 Å². The van der Waals surface area contributed by atoms with Crippen molar-refractivity contribution in [1.82, 2.24) is 10.6 Å². The molecule has 0 aliphatic carbocycles. The van der Waals surface area contributed by atoms with E-state index in [2.05, 4.69) is 23.3 Å². The van der Waals surface area contributed by atoms with Gasteiger partial charge < -0.3 is 5.32 Å². The molecule has 0 atom stereocenters. The summed E-state index contributed by atoms with van der Waals surface area (Å²) in [7, 11) is 0. The van der Waals surface area contributed by atoms with Gasteiger partial charge in [0, 0.05) is 18.7 Å². The van der Waals surface area contributed by atoms with Crippen LogP contribution in [-0.4, -0.2) is 24.2 Å². The van der Waals surface area contributed by atoms with Gasteiger partial charge in [-0.15, -0.1) is 0 Å². The van der Waals surface area contributed by atoms with Crippen molar-refractivity contribution < 1.29 is 9.59 Å². The molecule has 1 aromatic rings. The summed E-state index contributed by atoms with van der Waals surface area (Å²) in [6.45, 7) is 0.445. The van der Waals surface area contributed by atoms with Crippen molar-refractivity contribution >= 4 is 24.6 Å². The Kier molecular flexibility index (Phi) is 6.17. The van der Waals surface area contributed by atoms with Crippen LogP contribution in [0, 0.1) is 0 Å². The average Bonchev–Trinajstić information content (AvgIpc) is 2.35. The van der Waals surface area contributed by atoms with Crippen molar-refractivity contribution in [2.24, 2.45) is 0 Å². The van der Waals surface area contributed by atoms with E-state index >= 15 is 0 Å². The number of carbonyl (C=O) groups is 2. The topological polar surface area (TPSA) is 58.2 Å². The van der Waals surface area contributed by atoms with Crippen molar-refractivity contribution in [2.75, 3.05) is 12.3 Å². The molecule has 17 heavy (non-hydrogen) atoms. The van der Waals surface area contributed by atoms with Crippen molar-refractivity contribution in [3.63, 3.8) is 0 Å². The molecule has 92 valence electrons. The Morgan fingerprint density at radius 1 is 1.18 bits per heavy atom. The number of carbonyl (C=O) groups excluding carboxylic acids is 2. The molecule has 5 heteroatoms. The van der Waals surface area contributed by atoms with E-state index in [0.29, 0.717) is 25.1 Å². The monoisotopic (exact) mass is 252 g/mol. The SMILES string of the molecule is O=C(CCc1ccccc1)NC(=O)NCCS. The van der Waals surface area contributed by atoms with E-state index in [1.165, 1.54) is 0 Å². The summed E-state index contributed by atoms with van der Waals surface area (Å²) in [4.78, 5) is 22.5. The Labute approximate surface area is 106 Å². The summed E-state index contributed by atoms with van der Waals surface area (Å²) in [6.07, 6.45) is 0.935. The molecule has 0 heterocycles. The zero-order chi connectivity index (χ0) is 12.5. The van der Waals surface area contributed by atoms with Gasteiger partial charge in [-0.3, -0.25) is 10.1 Å². The fourth-order valence-electron chi connectivity index (χ4n) is 1.31. The van der Waals surface area contributed by atoms with Crippen LogP contribution in [0.4, 0.5) is 4.79 Å². The van der Waals surface area contributed by atoms with Gasteiger partial charge in [0.05, 0.1) is 0 Å². The Morgan fingerprint density at radius 2 is 1.88 bits per heavy atom. The van der Waals surface area contributed by atoms with Crippen LogP contribution in [0.15, 0.2) is 30.3 Å². The van der Waals surface area contributed by atoms with E-state index in [-0.39, 0.29) is 5.91 Å². The maximum absolute atomic E-state index is 11.4. The van der Waals surface area contributed by atoms with Crippen LogP contribution in [0.3, 0.4) is 0 Å². The predicted molar refractivity (Wildman–Crippen MR) is 70.2 cm³/mol. The quantitative estimate of drug-likeness (QED) is 0.693. The van der Waals surface area contributed by atoms with Gasteiger partial charge in [0.1, 0.15) is 0 Å². The molecule has 0 bridgehead atoms. The number of aryl methyl sites for hydroxylation is 1. The van der Waals surface area contributed by atoms with Crippen LogP contribution >= 0.6 is 12.6 Å². The lowest BCUT2D eigenvalue weighted by Crippen LogP contribution is -2.40. The summed E-state index contributed by atoms with van der Waals surface area (Å²) in [6, 6.07) is 9.22. The Morgan fingerprint density at radius 3 is 2.53 bits per heavy atom. The van der Waals surface area contributed by atoms with E-state index < -0.39 is 6.03 Å². The van der Waals surface area contributed by atoms with Crippen LogP contribution < -0.4 is 10.6 Å². The van der Waals surface area contributed by atoms with Crippen molar-refractivity contribution in [3.05, 3.63) is 35.9 Å². The summed E-state index contributed by atoms with van der Waals surface area (Å²) >= 11 is 3.95. The van der Waals surface area contributed by atoms with Crippen LogP contribution in [0.2, 0.25) is 0 Å². The Bertz CT molecular complexity index is 368. The molecular weight excluding hydrogens is 236 g/mol. The average molecular weight is 252 g/mol. The van der Waals surface area contributed by atoms with Crippen molar-refractivity contribution in [2.45, 2.75) is 12.8 Å². The number of hydrogen-bond acceptors (Lipinski definition) is 3. The second kappa shape index (κ2) is 7.73. The lowest BCUT2D eigenvalue weighted by atomic mass is 10.1. The summed E-state index contributed by atoms with van der Waals surface area (Å²) < 4.78 is 0. The highest BCUT2D eigenvalue weighted by Gasteiger charge is 2.06. The number of imide groups is 1. The zero-order valence-corrected chi connectivity index (χ0v) is 10.4. The van der Waals surface area contributed by atoms with Crippen LogP contribution in [0.1, 0.15) is 12.0 Å². The van der Waals surface area contributed by atoms with E-state index in [9.17, 15) is 9.59 Å². The second-order valence-electron chi connectivity index (χ2n) is 3.51. The molecule has 2 N–H and O–H groups in total. The second-order valence-corrected chi connectivity index (χ2v) is 3.96. The van der Waals surface area contributed by atoms with Crippen LogP contribution in [-0.2, 0) is 11.2 Å². The minimum Gasteiger partial charge on any atom is -0.337 e. The lowest BCUT2D eigenvalue weighted by molar-refractivity contribution is -0.119. The zero-order valence-electron chi connectivity index (χ0n) is 9.48. The maximum atomic E-state index is 11.4. The predicted octanol–water partition coefficient (Wildman–Crippen LogP) is 1.37. The van der Waals surface area contributed by atoms with Crippen LogP contribution in [0.25, 0.3) is 0 Å². The van der Waals surface area contributed by atoms with Gasteiger partial charge in [0.15, 0.2) is 0 Å². The van der Waals surface area contributed by atoms with Gasteiger partial charge in [0.2, 0.25) is 5.91 Å². The summed E-state index contributed by atoms with van der Waals surface area (Å²) in [5, 5.41) is 4.78. The van der Waals surface area contributed by atoms with E-state index in [1.807, 2.05) is 30.3 Å². The fraction of sp³-hybridized carbons (Fsp3) is 0.333. The van der Waals surface area contributed by atoms with Gasteiger partial charge in [-0.1, -0.05) is 30.3 Å². The Balaban J connectivity index is 2.24. The highest BCUT2D eigenvalue weighted by atomic mass is 32.1. The standard InChI is InChI=1S/C12H16N2O2S/c15-11(14-12(16)13-8-9-17)7-6-10-4-2-1-3-5-10/h1-5,17H,6-9H2,(H2,13,14,15,16). The Hall–Kier alpha value is -1.49. The molecule has 0 saturated carbocycles. The molecule has 1 rings (SSSR count). The van der Waals surface area contributed by atoms with Gasteiger partial charge in [-0.25, -0.2) is 4.79 Å². The third-order valence-corrected chi connectivity index (χ3v) is 2.36. The lowest BCUT2D eigenvalue weighted by Gasteiger charge is -2.05. The summed E-state index contributed by atoms with van der Waals surface area (Å²) in [5.74, 6) is 0.275. The first kappa shape index (κ1) is 13.6. The van der Waals surface area contributed by atoms with E-state index in [0.717, 1.165) is 5.56 Å². The van der Waals surface area contributed by atoms with E-state index in [4.69, 9.17) is 0 Å². The number of thiol groups is 1. The molecule has 0 aliphatic rings. The first-order valence-corrected chi connectivity index (χ1v) is 6.08. The molecule has 3 amide bonds. The number of amides is 3. The minimum atomic E-state index is -0.461. The third kappa shape index (κ3) is 5.97. The number of hydrogen-bond donors (Lipinski definition) is 3. The number of urea groups is 1. The molecule has 0 radical (unpaired) electrons. The molecule has 0 aliphatic heterocycles. The van der Waals surface area contributed by atoms with Gasteiger partial charge in [-0.2, -0.15) is 12.6 Å². The molecule has 4 nitrogen and oxygen atoms in total. The smallest absolute Gasteiger partial charge is 0.321 e. The van der Waals surface area contributed by atoms with Gasteiger partial charge in [-0.05, 0) is 12.0 Å². The molecule has 0 saturated heterocycles. The molecule has 1 aromatic carbocycles. The molecular formula is C12H16N2O2S. The first-order chi connectivity index (χ1) is 8.22.